The van der Waals surface area contributed by atoms with Crippen LogP contribution in [0, 0.1) is 0 Å². The lowest BCUT2D eigenvalue weighted by Gasteiger charge is -2.17. The molecule has 0 radical (unpaired) electrons. The van der Waals surface area contributed by atoms with Gasteiger partial charge in [-0.2, -0.15) is 4.99 Å². The third-order valence-corrected chi connectivity index (χ3v) is 6.93. The van der Waals surface area contributed by atoms with E-state index in [4.69, 9.17) is 14.5 Å². The van der Waals surface area contributed by atoms with E-state index in [-0.39, 0.29) is 23.9 Å². The van der Waals surface area contributed by atoms with Gasteiger partial charge in [-0.25, -0.2) is 4.98 Å². The van der Waals surface area contributed by atoms with Crippen molar-refractivity contribution in [2.75, 3.05) is 14.2 Å². The Labute approximate surface area is 254 Å². The first-order valence-electron chi connectivity index (χ1n) is 14.1. The zero-order chi connectivity index (χ0) is 31.9. The lowest BCUT2D eigenvalue weighted by Crippen LogP contribution is -2.29. The van der Waals surface area contributed by atoms with Crippen molar-refractivity contribution in [3.8, 4) is 28.0 Å². The summed E-state index contributed by atoms with van der Waals surface area (Å²) in [4.78, 5) is 23.1. The predicted molar refractivity (Wildman–Crippen MR) is 165 cm³/mol. The van der Waals surface area contributed by atoms with Crippen LogP contribution < -0.4 is 10.3 Å². The summed E-state index contributed by atoms with van der Waals surface area (Å²) >= 11 is 0. The number of nitrogens with zero attached hydrogens (tertiary/aromatic N) is 3. The Morgan fingerprint density at radius 2 is 1.57 bits per heavy atom. The van der Waals surface area contributed by atoms with Crippen LogP contribution in [0.5, 0.6) is 5.75 Å². The van der Waals surface area contributed by atoms with Crippen LogP contribution >= 0.6 is 0 Å². The van der Waals surface area contributed by atoms with Gasteiger partial charge in [-0.3, -0.25) is 9.36 Å². The van der Waals surface area contributed by atoms with Crippen molar-refractivity contribution in [2.45, 2.75) is 46.0 Å². The summed E-state index contributed by atoms with van der Waals surface area (Å²) in [5.74, 6) is 0.302. The van der Waals surface area contributed by atoms with Gasteiger partial charge < -0.3 is 14.2 Å². The second-order valence-electron chi connectivity index (χ2n) is 9.89. The van der Waals surface area contributed by atoms with Crippen molar-refractivity contribution in [2.24, 2.45) is 4.99 Å². The molecular formula is C34H34F3N3O4. The second-order valence-corrected chi connectivity index (χ2v) is 9.89. The maximum absolute atomic E-state index is 14.0. The van der Waals surface area contributed by atoms with Crippen LogP contribution in [0.3, 0.4) is 0 Å². The predicted octanol–water partition coefficient (Wildman–Crippen LogP) is 7.66. The molecule has 0 unspecified atom stereocenters. The SMILES string of the molecule is C=C(N=C(OC)OC)c1ccccc1-c1ccc(Cn2c(CCC)nc(CC)c(-c3ccc(OC(F)(F)F)cc3)c2=O)cc1. The minimum absolute atomic E-state index is 0.0983. The fraction of sp³-hybridized carbons (Fsp3) is 0.265. The van der Waals surface area contributed by atoms with Crippen molar-refractivity contribution in [1.82, 2.24) is 9.55 Å². The Balaban J connectivity index is 1.70. The number of benzene rings is 3. The lowest BCUT2D eigenvalue weighted by molar-refractivity contribution is -0.274. The van der Waals surface area contributed by atoms with E-state index in [2.05, 4.69) is 16.3 Å². The molecule has 0 aliphatic rings. The van der Waals surface area contributed by atoms with E-state index in [1.165, 1.54) is 38.5 Å². The van der Waals surface area contributed by atoms with Crippen LogP contribution in [0.15, 0.2) is 89.2 Å². The topological polar surface area (TPSA) is 74.9 Å². The number of halogens is 3. The minimum Gasteiger partial charge on any atom is -0.454 e. The van der Waals surface area contributed by atoms with E-state index >= 15 is 0 Å². The summed E-state index contributed by atoms with van der Waals surface area (Å²) in [5.41, 5.74) is 5.20. The van der Waals surface area contributed by atoms with Gasteiger partial charge in [-0.15, -0.1) is 13.2 Å². The Kier molecular flexibility index (Phi) is 10.3. The Morgan fingerprint density at radius 3 is 2.16 bits per heavy atom. The van der Waals surface area contributed by atoms with Crippen molar-refractivity contribution in [3.05, 3.63) is 112 Å². The van der Waals surface area contributed by atoms with Gasteiger partial charge in [-0.05, 0) is 47.2 Å². The van der Waals surface area contributed by atoms with Crippen LogP contribution in [-0.4, -0.2) is 36.2 Å². The summed E-state index contributed by atoms with van der Waals surface area (Å²) in [6.07, 6.45) is -2.83. The molecule has 10 heteroatoms. The van der Waals surface area contributed by atoms with Crippen molar-refractivity contribution < 1.29 is 27.4 Å². The quantitative estimate of drug-likeness (QED) is 0.137. The lowest BCUT2D eigenvalue weighted by atomic mass is 9.97. The number of aryl methyl sites for hydroxylation is 2. The number of aromatic nitrogens is 2. The van der Waals surface area contributed by atoms with Gasteiger partial charge in [0.05, 0.1) is 37.7 Å². The number of hydrogen-bond acceptors (Lipinski definition) is 6. The molecule has 0 atom stereocenters. The number of methoxy groups -OCH3 is 2. The molecule has 1 aromatic heterocycles. The highest BCUT2D eigenvalue weighted by atomic mass is 19.4. The fourth-order valence-electron chi connectivity index (χ4n) is 4.90. The third kappa shape index (κ3) is 7.55. The van der Waals surface area contributed by atoms with Crippen LogP contribution in [-0.2, 0) is 28.9 Å². The molecule has 4 aromatic rings. The van der Waals surface area contributed by atoms with Crippen LogP contribution in [0.25, 0.3) is 28.0 Å². The van der Waals surface area contributed by atoms with Gasteiger partial charge in [0.25, 0.3) is 5.56 Å². The minimum atomic E-state index is -4.80. The first kappa shape index (κ1) is 32.1. The molecule has 0 fully saturated rings. The molecule has 0 aliphatic carbocycles. The first-order chi connectivity index (χ1) is 21.1. The van der Waals surface area contributed by atoms with E-state index in [9.17, 15) is 18.0 Å². The highest BCUT2D eigenvalue weighted by molar-refractivity contribution is 5.84. The number of alkyl halides is 3. The zero-order valence-electron chi connectivity index (χ0n) is 25.1. The molecular weight excluding hydrogens is 571 g/mol. The summed E-state index contributed by atoms with van der Waals surface area (Å²) < 4.78 is 53.9. The molecule has 230 valence electrons. The Hall–Kier alpha value is -4.86. The molecule has 0 amide bonds. The van der Waals surface area contributed by atoms with E-state index in [1.807, 2.05) is 62.4 Å². The number of hydrogen-bond donors (Lipinski definition) is 0. The van der Waals surface area contributed by atoms with Crippen LogP contribution in [0.4, 0.5) is 13.2 Å². The van der Waals surface area contributed by atoms with Gasteiger partial charge in [0.1, 0.15) is 11.6 Å². The smallest absolute Gasteiger partial charge is 0.454 e. The van der Waals surface area contributed by atoms with Crippen molar-refractivity contribution in [1.29, 1.82) is 0 Å². The van der Waals surface area contributed by atoms with Crippen LogP contribution in [0.1, 0.15) is 42.9 Å². The van der Waals surface area contributed by atoms with Gasteiger partial charge in [0, 0.05) is 12.0 Å². The molecule has 3 aromatic carbocycles. The van der Waals surface area contributed by atoms with E-state index in [0.29, 0.717) is 41.2 Å². The van der Waals surface area contributed by atoms with E-state index in [1.54, 1.807) is 4.57 Å². The summed E-state index contributed by atoms with van der Waals surface area (Å²) in [7, 11) is 2.93. The monoisotopic (exact) mass is 605 g/mol. The average molecular weight is 606 g/mol. The first-order valence-corrected chi connectivity index (χ1v) is 14.1. The van der Waals surface area contributed by atoms with E-state index < -0.39 is 6.36 Å². The Morgan fingerprint density at radius 1 is 0.932 bits per heavy atom. The van der Waals surface area contributed by atoms with Gasteiger partial charge in [0.15, 0.2) is 0 Å². The van der Waals surface area contributed by atoms with Crippen molar-refractivity contribution in [3.63, 3.8) is 0 Å². The standard InChI is InChI=1S/C34H34F3N3O4/c1-6-10-30-39-29(7-2)31(25-17-19-26(20-18-25)44-34(35,36)37)32(41)40(30)21-23-13-15-24(16-14-23)28-12-9-8-11-27(28)22(3)38-33(42-4)43-5/h8-9,11-20H,3,6-7,10,21H2,1-2,4-5H3. The number of ether oxygens (including phenoxy) is 3. The normalized spacial score (nSPS) is 11.2. The number of aliphatic imine (C=N–C) groups is 1. The number of rotatable bonds is 10. The van der Waals surface area contributed by atoms with Crippen molar-refractivity contribution >= 4 is 11.8 Å². The second kappa shape index (κ2) is 14.1. The summed E-state index contributed by atoms with van der Waals surface area (Å²) in [6, 6.07) is 20.9. The molecule has 44 heavy (non-hydrogen) atoms. The zero-order valence-corrected chi connectivity index (χ0v) is 25.1. The van der Waals surface area contributed by atoms with Gasteiger partial charge in [-0.1, -0.05) is 81.1 Å². The highest BCUT2D eigenvalue weighted by Crippen LogP contribution is 2.30. The third-order valence-electron chi connectivity index (χ3n) is 6.93. The van der Waals surface area contributed by atoms with Gasteiger partial charge >= 0.3 is 12.4 Å². The summed E-state index contributed by atoms with van der Waals surface area (Å²) in [6.45, 7) is 8.26. The molecule has 7 nitrogen and oxygen atoms in total. The van der Waals surface area contributed by atoms with E-state index in [0.717, 1.165) is 28.7 Å². The molecule has 4 rings (SSSR count). The van der Waals surface area contributed by atoms with Crippen LogP contribution in [0.2, 0.25) is 0 Å². The molecule has 0 saturated heterocycles. The molecule has 0 N–H and O–H groups in total. The molecule has 0 spiro atoms. The maximum Gasteiger partial charge on any atom is 0.573 e. The molecule has 0 saturated carbocycles. The fourth-order valence-corrected chi connectivity index (χ4v) is 4.90. The molecule has 0 bridgehead atoms. The molecule has 1 heterocycles. The Bertz CT molecular complexity index is 1690. The molecule has 0 aliphatic heterocycles. The largest absolute Gasteiger partial charge is 0.573 e. The highest BCUT2D eigenvalue weighted by Gasteiger charge is 2.31. The van der Waals surface area contributed by atoms with Gasteiger partial charge in [0.2, 0.25) is 0 Å². The average Bonchev–Trinajstić information content (AvgIpc) is 3.01. The maximum atomic E-state index is 14.0. The summed E-state index contributed by atoms with van der Waals surface area (Å²) in [5, 5.41) is 0.